The van der Waals surface area contributed by atoms with Crippen molar-refractivity contribution in [3.8, 4) is 0 Å². The van der Waals surface area contributed by atoms with Crippen LogP contribution in [0.15, 0.2) is 35.6 Å². The summed E-state index contributed by atoms with van der Waals surface area (Å²) in [5, 5.41) is 3.08. The van der Waals surface area contributed by atoms with E-state index in [0.717, 1.165) is 17.9 Å². The van der Waals surface area contributed by atoms with Crippen molar-refractivity contribution in [2.24, 2.45) is 16.6 Å². The smallest absolute Gasteiger partial charge is 0.188 e. The molecule has 0 saturated carbocycles. The van der Waals surface area contributed by atoms with Crippen LogP contribution in [0.25, 0.3) is 5.65 Å². The SMILES string of the molecule is CC(C)CNC(N)=NCc1cn2ccccc2n1.I. The van der Waals surface area contributed by atoms with E-state index in [0.29, 0.717) is 18.4 Å². The van der Waals surface area contributed by atoms with Crippen molar-refractivity contribution in [1.29, 1.82) is 0 Å². The molecule has 2 rings (SSSR count). The molecule has 0 spiro atoms. The van der Waals surface area contributed by atoms with Crippen LogP contribution < -0.4 is 11.1 Å². The van der Waals surface area contributed by atoms with Gasteiger partial charge in [0.25, 0.3) is 0 Å². The molecule has 0 saturated heterocycles. The van der Waals surface area contributed by atoms with E-state index in [1.165, 1.54) is 0 Å². The highest BCUT2D eigenvalue weighted by Crippen LogP contribution is 2.05. The number of rotatable bonds is 4. The van der Waals surface area contributed by atoms with E-state index in [9.17, 15) is 0 Å². The lowest BCUT2D eigenvalue weighted by Crippen LogP contribution is -2.34. The van der Waals surface area contributed by atoms with Gasteiger partial charge in [-0.2, -0.15) is 0 Å². The average Bonchev–Trinajstić information content (AvgIpc) is 2.76. The zero-order chi connectivity index (χ0) is 13.0. The summed E-state index contributed by atoms with van der Waals surface area (Å²) < 4.78 is 1.97. The Morgan fingerprint density at radius 3 is 2.95 bits per heavy atom. The van der Waals surface area contributed by atoms with Crippen LogP contribution in [0.3, 0.4) is 0 Å². The molecule has 2 aromatic rings. The van der Waals surface area contributed by atoms with Crippen molar-refractivity contribution in [2.45, 2.75) is 20.4 Å². The lowest BCUT2D eigenvalue weighted by Gasteiger charge is -2.07. The first-order chi connectivity index (χ1) is 8.65. The van der Waals surface area contributed by atoms with E-state index >= 15 is 0 Å². The summed E-state index contributed by atoms with van der Waals surface area (Å²) in [5.41, 5.74) is 7.61. The van der Waals surface area contributed by atoms with E-state index in [1.54, 1.807) is 0 Å². The number of pyridine rings is 1. The predicted molar refractivity (Wildman–Crippen MR) is 88.8 cm³/mol. The highest BCUT2D eigenvalue weighted by molar-refractivity contribution is 14.0. The first kappa shape index (κ1) is 15.7. The molecule has 0 amide bonds. The van der Waals surface area contributed by atoms with Gasteiger partial charge in [0.1, 0.15) is 5.65 Å². The minimum atomic E-state index is 0. The Bertz CT molecular complexity index is 514. The van der Waals surface area contributed by atoms with Crippen molar-refractivity contribution in [3.05, 3.63) is 36.3 Å². The quantitative estimate of drug-likeness (QED) is 0.490. The molecule has 6 heteroatoms. The summed E-state index contributed by atoms with van der Waals surface area (Å²) in [5.74, 6) is 1.02. The summed E-state index contributed by atoms with van der Waals surface area (Å²) in [6, 6.07) is 5.90. The summed E-state index contributed by atoms with van der Waals surface area (Å²) in [6.07, 6.45) is 3.93. The number of nitrogens with zero attached hydrogens (tertiary/aromatic N) is 3. The fourth-order valence-electron chi connectivity index (χ4n) is 1.59. The Hall–Kier alpha value is -1.31. The molecule has 0 aliphatic rings. The number of imidazole rings is 1. The van der Waals surface area contributed by atoms with Crippen LogP contribution in [0.2, 0.25) is 0 Å². The van der Waals surface area contributed by atoms with Crippen LogP contribution >= 0.6 is 24.0 Å². The zero-order valence-electron chi connectivity index (χ0n) is 11.2. The second-order valence-corrected chi connectivity index (χ2v) is 4.67. The lowest BCUT2D eigenvalue weighted by atomic mass is 10.2. The number of fused-ring (bicyclic) bond motifs is 1. The third-order valence-corrected chi connectivity index (χ3v) is 2.52. The number of halogens is 1. The summed E-state index contributed by atoms with van der Waals surface area (Å²) in [6.45, 7) is 5.59. The molecule has 0 unspecified atom stereocenters. The molecule has 3 N–H and O–H groups in total. The van der Waals surface area contributed by atoms with Crippen LogP contribution in [-0.2, 0) is 6.54 Å². The molecule has 2 aromatic heterocycles. The van der Waals surface area contributed by atoms with E-state index < -0.39 is 0 Å². The molecule has 0 radical (unpaired) electrons. The van der Waals surface area contributed by atoms with Crippen LogP contribution in [0.5, 0.6) is 0 Å². The Labute approximate surface area is 130 Å². The normalized spacial score (nSPS) is 11.6. The van der Waals surface area contributed by atoms with Gasteiger partial charge in [-0.25, -0.2) is 9.98 Å². The number of nitrogens with one attached hydrogen (secondary N) is 1. The summed E-state index contributed by atoms with van der Waals surface area (Å²) in [4.78, 5) is 8.72. The van der Waals surface area contributed by atoms with Gasteiger partial charge in [0.05, 0.1) is 12.2 Å². The first-order valence-electron chi connectivity index (χ1n) is 6.11. The van der Waals surface area contributed by atoms with Gasteiger partial charge in [-0.3, -0.25) is 0 Å². The molecular weight excluding hydrogens is 353 g/mol. The van der Waals surface area contributed by atoms with Crippen LogP contribution in [-0.4, -0.2) is 21.9 Å². The van der Waals surface area contributed by atoms with Crippen molar-refractivity contribution >= 4 is 35.6 Å². The molecule has 0 fully saturated rings. The molecule has 0 aliphatic heterocycles. The molecule has 104 valence electrons. The fraction of sp³-hybridized carbons (Fsp3) is 0.385. The van der Waals surface area contributed by atoms with Gasteiger partial charge >= 0.3 is 0 Å². The minimum Gasteiger partial charge on any atom is -0.370 e. The maximum atomic E-state index is 5.77. The maximum Gasteiger partial charge on any atom is 0.188 e. The van der Waals surface area contributed by atoms with Gasteiger partial charge in [-0.1, -0.05) is 19.9 Å². The van der Waals surface area contributed by atoms with Crippen LogP contribution in [0.1, 0.15) is 19.5 Å². The number of hydrogen-bond acceptors (Lipinski definition) is 2. The van der Waals surface area contributed by atoms with Crippen molar-refractivity contribution in [3.63, 3.8) is 0 Å². The predicted octanol–water partition coefficient (Wildman–Crippen LogP) is 2.01. The minimum absolute atomic E-state index is 0. The number of guanidine groups is 1. The number of nitrogens with two attached hydrogens (primary N) is 1. The van der Waals surface area contributed by atoms with E-state index in [-0.39, 0.29) is 24.0 Å². The molecule has 2 heterocycles. The van der Waals surface area contributed by atoms with Gasteiger partial charge in [0, 0.05) is 18.9 Å². The van der Waals surface area contributed by atoms with Gasteiger partial charge < -0.3 is 15.5 Å². The molecule has 0 aromatic carbocycles. The number of hydrogen-bond donors (Lipinski definition) is 2. The fourth-order valence-corrected chi connectivity index (χ4v) is 1.59. The Morgan fingerprint density at radius 2 is 2.26 bits per heavy atom. The third-order valence-electron chi connectivity index (χ3n) is 2.52. The number of aromatic nitrogens is 2. The standard InChI is InChI=1S/C13H19N5.HI/c1-10(2)7-15-13(14)16-8-11-9-18-6-4-3-5-12(18)17-11;/h3-6,9-10H,7-8H2,1-2H3,(H3,14,15,16);1H. The molecule has 5 nitrogen and oxygen atoms in total. The highest BCUT2D eigenvalue weighted by atomic mass is 127. The van der Waals surface area contributed by atoms with E-state index in [2.05, 4.69) is 29.1 Å². The Morgan fingerprint density at radius 1 is 1.47 bits per heavy atom. The monoisotopic (exact) mass is 373 g/mol. The second-order valence-electron chi connectivity index (χ2n) is 4.67. The van der Waals surface area contributed by atoms with Crippen molar-refractivity contribution < 1.29 is 0 Å². The van der Waals surface area contributed by atoms with Crippen molar-refractivity contribution in [2.75, 3.05) is 6.54 Å². The summed E-state index contributed by atoms with van der Waals surface area (Å²) in [7, 11) is 0. The molecule has 19 heavy (non-hydrogen) atoms. The van der Waals surface area contributed by atoms with Gasteiger partial charge in [0.15, 0.2) is 5.96 Å². The molecular formula is C13H20IN5. The highest BCUT2D eigenvalue weighted by Gasteiger charge is 2.00. The third kappa shape index (κ3) is 4.70. The first-order valence-corrected chi connectivity index (χ1v) is 6.11. The van der Waals surface area contributed by atoms with Crippen LogP contribution in [0, 0.1) is 5.92 Å². The van der Waals surface area contributed by atoms with Gasteiger partial charge in [-0.05, 0) is 18.1 Å². The molecule has 0 atom stereocenters. The zero-order valence-corrected chi connectivity index (χ0v) is 13.5. The Kier molecular flexibility index (Phi) is 6.07. The molecule has 0 bridgehead atoms. The van der Waals surface area contributed by atoms with E-state index in [1.807, 2.05) is 35.0 Å². The van der Waals surface area contributed by atoms with E-state index in [4.69, 9.17) is 5.73 Å². The van der Waals surface area contributed by atoms with Gasteiger partial charge in [0.2, 0.25) is 0 Å². The largest absolute Gasteiger partial charge is 0.370 e. The van der Waals surface area contributed by atoms with Crippen molar-refractivity contribution in [1.82, 2.24) is 14.7 Å². The summed E-state index contributed by atoms with van der Waals surface area (Å²) >= 11 is 0. The number of aliphatic imine (C=N–C) groups is 1. The topological polar surface area (TPSA) is 67.7 Å². The maximum absolute atomic E-state index is 5.77. The Balaban J connectivity index is 0.00000180. The molecule has 0 aliphatic carbocycles. The van der Waals surface area contributed by atoms with Crippen LogP contribution in [0.4, 0.5) is 0 Å². The second kappa shape index (κ2) is 7.32. The van der Waals surface area contributed by atoms with Gasteiger partial charge in [-0.15, -0.1) is 24.0 Å². The average molecular weight is 373 g/mol. The lowest BCUT2D eigenvalue weighted by molar-refractivity contribution is 0.621.